The topological polar surface area (TPSA) is 148 Å². The molecule has 4 atom stereocenters. The molecule has 2 amide bonds. The van der Waals surface area contributed by atoms with Gasteiger partial charge in [-0.15, -0.1) is 0 Å². The second-order valence-corrected chi connectivity index (χ2v) is 12.9. The summed E-state index contributed by atoms with van der Waals surface area (Å²) < 4.78 is 12.1. The van der Waals surface area contributed by atoms with E-state index >= 15 is 0 Å². The maximum Gasteiger partial charge on any atom is 0.229 e. The summed E-state index contributed by atoms with van der Waals surface area (Å²) >= 11 is 1.45. The van der Waals surface area contributed by atoms with E-state index in [-0.39, 0.29) is 48.4 Å². The Morgan fingerprint density at radius 1 is 1.12 bits per heavy atom. The van der Waals surface area contributed by atoms with Gasteiger partial charge in [-0.3, -0.25) is 9.59 Å². The lowest BCUT2D eigenvalue weighted by molar-refractivity contribution is -0.125. The van der Waals surface area contributed by atoms with Crippen molar-refractivity contribution in [2.75, 3.05) is 25.1 Å². The first-order valence-corrected chi connectivity index (χ1v) is 16.2. The van der Waals surface area contributed by atoms with Gasteiger partial charge < -0.3 is 30.5 Å². The summed E-state index contributed by atoms with van der Waals surface area (Å²) in [6.07, 6.45) is 8.90. The Morgan fingerprint density at radius 2 is 1.95 bits per heavy atom. The predicted molar refractivity (Wildman–Crippen MR) is 163 cm³/mol. The first-order chi connectivity index (χ1) is 20.9. The molecule has 2 saturated carbocycles. The first-order valence-electron chi connectivity index (χ1n) is 15.4. The van der Waals surface area contributed by atoms with Crippen molar-refractivity contribution in [1.82, 2.24) is 25.6 Å². The van der Waals surface area contributed by atoms with E-state index in [1.54, 1.807) is 12.4 Å². The number of fused-ring (bicyclic) bond motifs is 1. The van der Waals surface area contributed by atoms with Crippen LogP contribution in [-0.2, 0) is 25.7 Å². The monoisotopic (exact) mass is 608 g/mol. The highest BCUT2D eigenvalue weighted by Crippen LogP contribution is 2.33. The van der Waals surface area contributed by atoms with Crippen LogP contribution in [0, 0.1) is 11.8 Å². The highest BCUT2D eigenvalue weighted by atomic mass is 32.1. The van der Waals surface area contributed by atoms with Gasteiger partial charge in [-0.25, -0.2) is 15.0 Å². The van der Waals surface area contributed by atoms with E-state index in [1.807, 2.05) is 18.2 Å². The Kier molecular flexibility index (Phi) is 9.58. The van der Waals surface area contributed by atoms with Gasteiger partial charge in [-0.05, 0) is 62.6 Å². The van der Waals surface area contributed by atoms with Crippen LogP contribution >= 0.6 is 11.3 Å². The Hall–Kier alpha value is -3.03. The second-order valence-electron chi connectivity index (χ2n) is 11.9. The number of benzene rings is 1. The summed E-state index contributed by atoms with van der Waals surface area (Å²) in [5.74, 6) is 0.565. The van der Waals surface area contributed by atoms with Gasteiger partial charge >= 0.3 is 0 Å². The average molecular weight is 609 g/mol. The van der Waals surface area contributed by atoms with E-state index in [2.05, 4.69) is 37.8 Å². The summed E-state index contributed by atoms with van der Waals surface area (Å²) in [6.45, 7) is 4.14. The van der Waals surface area contributed by atoms with Crippen molar-refractivity contribution < 1.29 is 24.2 Å². The van der Waals surface area contributed by atoms with Crippen molar-refractivity contribution in [2.24, 2.45) is 11.8 Å². The van der Waals surface area contributed by atoms with Gasteiger partial charge in [0, 0.05) is 49.1 Å². The van der Waals surface area contributed by atoms with Crippen molar-refractivity contribution in [1.29, 1.82) is 0 Å². The third kappa shape index (κ3) is 7.38. The number of hydrogen-bond acceptors (Lipinski definition) is 10. The lowest BCUT2D eigenvalue weighted by Gasteiger charge is -2.37. The maximum atomic E-state index is 12.9. The van der Waals surface area contributed by atoms with Crippen molar-refractivity contribution in [2.45, 2.75) is 82.8 Å². The molecule has 1 aromatic carbocycles. The number of carbonyl (C=O) groups is 2. The molecular weight excluding hydrogens is 568 g/mol. The molecule has 3 aromatic rings. The molecule has 2 aromatic heterocycles. The zero-order valence-corrected chi connectivity index (χ0v) is 25.3. The minimum absolute atomic E-state index is 0.00348. The van der Waals surface area contributed by atoms with E-state index in [0.717, 1.165) is 66.3 Å². The van der Waals surface area contributed by atoms with E-state index in [1.165, 1.54) is 11.3 Å². The minimum atomic E-state index is -0.398. The zero-order chi connectivity index (χ0) is 29.8. The molecule has 2 aliphatic carbocycles. The van der Waals surface area contributed by atoms with Crippen LogP contribution in [0.2, 0.25) is 0 Å². The maximum absolute atomic E-state index is 12.9. The quantitative estimate of drug-likeness (QED) is 0.243. The third-order valence-corrected chi connectivity index (χ3v) is 9.73. The highest BCUT2D eigenvalue weighted by molar-refractivity contribution is 7.22. The van der Waals surface area contributed by atoms with Crippen LogP contribution in [0.4, 0.5) is 5.13 Å². The zero-order valence-electron chi connectivity index (χ0n) is 24.5. The molecule has 43 heavy (non-hydrogen) atoms. The van der Waals surface area contributed by atoms with E-state index < -0.39 is 6.10 Å². The fourth-order valence-corrected chi connectivity index (χ4v) is 6.87. The highest BCUT2D eigenvalue weighted by Gasteiger charge is 2.36. The van der Waals surface area contributed by atoms with Crippen LogP contribution in [0.15, 0.2) is 30.6 Å². The van der Waals surface area contributed by atoms with Crippen LogP contribution in [0.3, 0.4) is 0 Å². The van der Waals surface area contributed by atoms with Crippen molar-refractivity contribution >= 4 is 38.5 Å². The average Bonchev–Trinajstić information content (AvgIpc) is 3.76. The van der Waals surface area contributed by atoms with Gasteiger partial charge in [-0.2, -0.15) is 0 Å². The van der Waals surface area contributed by atoms with Crippen LogP contribution in [-0.4, -0.2) is 75.9 Å². The number of ether oxygens (including phenoxy) is 2. The van der Waals surface area contributed by atoms with Gasteiger partial charge in [0.25, 0.3) is 0 Å². The molecule has 6 rings (SSSR count). The van der Waals surface area contributed by atoms with Crippen molar-refractivity contribution in [3.63, 3.8) is 0 Å². The van der Waals surface area contributed by atoms with Gasteiger partial charge in [0.2, 0.25) is 11.8 Å². The number of rotatable bonds is 12. The molecule has 230 valence electrons. The van der Waals surface area contributed by atoms with E-state index in [4.69, 9.17) is 9.47 Å². The first kappa shape index (κ1) is 30.0. The lowest BCUT2D eigenvalue weighted by Crippen LogP contribution is -2.52. The minimum Gasteiger partial charge on any atom is -0.390 e. The molecule has 4 N–H and O–H groups in total. The Labute approximate surface area is 255 Å². The number of nitrogens with one attached hydrogen (secondary N) is 3. The largest absolute Gasteiger partial charge is 0.390 e. The van der Waals surface area contributed by atoms with Gasteiger partial charge in [-0.1, -0.05) is 24.3 Å². The molecule has 0 bridgehead atoms. The fourth-order valence-electron chi connectivity index (χ4n) is 5.96. The number of nitrogens with zero attached hydrogens (tertiary/aromatic N) is 3. The standard InChI is InChI=1S/C31H40N6O5S/c1-2-22(15-34-29(39)19-8-9-41-16-19)35-23-10-20(11-23)30(40)37-31-36-24-7-6-18(12-27(24)43-31)21-13-32-28(33-14-21)17-42-26-5-3-4-25(26)38/h6-7,12-14,19-20,22-23,25-26,35,38H,2-5,8-11,15-17H2,1H3,(H,34,39)(H,36,37,40)/t19?,20?,22-,23?,25-,26-/m0/s1. The van der Waals surface area contributed by atoms with Crippen LogP contribution in [0.1, 0.15) is 57.7 Å². The van der Waals surface area contributed by atoms with E-state index in [9.17, 15) is 14.7 Å². The summed E-state index contributed by atoms with van der Waals surface area (Å²) in [4.78, 5) is 38.7. The number of thiazole rings is 1. The van der Waals surface area contributed by atoms with E-state index in [0.29, 0.717) is 30.7 Å². The SMILES string of the molecule is CC[C@@H](CNC(=O)C1CCOC1)NC1CC(C(=O)Nc2nc3ccc(-c4cnc(CO[C@H]5CCC[C@@H]5O)nc4)cc3s2)C1. The number of hydrogen-bond donors (Lipinski definition) is 4. The molecule has 0 spiro atoms. The molecular formula is C31H40N6O5S. The van der Waals surface area contributed by atoms with Crippen LogP contribution in [0.25, 0.3) is 21.3 Å². The summed E-state index contributed by atoms with van der Waals surface area (Å²) in [7, 11) is 0. The normalized spacial score (nSPS) is 25.9. The summed E-state index contributed by atoms with van der Waals surface area (Å²) in [5, 5.41) is 20.2. The number of aromatic nitrogens is 3. The van der Waals surface area contributed by atoms with Gasteiger partial charge in [0.1, 0.15) is 6.61 Å². The summed E-state index contributed by atoms with van der Waals surface area (Å²) in [5.41, 5.74) is 2.69. The number of anilines is 1. The predicted octanol–water partition coefficient (Wildman–Crippen LogP) is 3.42. The molecule has 3 heterocycles. The summed E-state index contributed by atoms with van der Waals surface area (Å²) in [6, 6.07) is 6.41. The Bertz CT molecular complexity index is 1410. The third-order valence-electron chi connectivity index (χ3n) is 8.80. The molecule has 1 unspecified atom stereocenters. The van der Waals surface area contributed by atoms with Crippen LogP contribution < -0.4 is 16.0 Å². The molecule has 1 saturated heterocycles. The molecule has 1 aliphatic heterocycles. The number of aliphatic hydroxyl groups is 1. The van der Waals surface area contributed by atoms with Gasteiger partial charge in [0.15, 0.2) is 11.0 Å². The smallest absolute Gasteiger partial charge is 0.229 e. The number of aliphatic hydroxyl groups excluding tert-OH is 1. The second kappa shape index (κ2) is 13.7. The Morgan fingerprint density at radius 3 is 2.67 bits per heavy atom. The van der Waals surface area contributed by atoms with Crippen molar-refractivity contribution in [3.8, 4) is 11.1 Å². The fraction of sp³-hybridized carbons (Fsp3) is 0.581. The molecule has 0 radical (unpaired) electrons. The molecule has 11 nitrogen and oxygen atoms in total. The number of carbonyl (C=O) groups excluding carboxylic acids is 2. The molecule has 3 fully saturated rings. The van der Waals surface area contributed by atoms with Crippen LogP contribution in [0.5, 0.6) is 0 Å². The van der Waals surface area contributed by atoms with Crippen molar-refractivity contribution in [3.05, 3.63) is 36.4 Å². The molecule has 3 aliphatic rings. The Balaban J connectivity index is 0.967. The lowest BCUT2D eigenvalue weighted by atomic mass is 9.79. The van der Waals surface area contributed by atoms with Gasteiger partial charge in [0.05, 0.1) is 34.9 Å². The molecule has 12 heteroatoms. The number of amides is 2.